The SMILES string of the molecule is C/C=C\CCCCC[C@H](NCc1ccccc1C(F)(F)F)C(=O)N1C[C@H](OC(=O)N2Cc3cccc(F)c3C2)C[C@H]1C(=O)NC1(C(=O)NS(=O)(=O)C2CC2)CC1. The molecule has 0 spiro atoms. The summed E-state index contributed by atoms with van der Waals surface area (Å²) < 4.78 is 89.0. The van der Waals surface area contributed by atoms with Crippen molar-refractivity contribution in [1.82, 2.24) is 25.2 Å². The molecule has 1 saturated heterocycles. The molecule has 17 heteroatoms. The first kappa shape index (κ1) is 41.1. The Labute approximate surface area is 323 Å². The number of hydrogen-bond donors (Lipinski definition) is 3. The van der Waals surface area contributed by atoms with Gasteiger partial charge in [0.2, 0.25) is 21.8 Å². The zero-order chi connectivity index (χ0) is 40.3. The van der Waals surface area contributed by atoms with Crippen molar-refractivity contribution in [3.63, 3.8) is 0 Å². The Morgan fingerprint density at radius 2 is 1.77 bits per heavy atom. The van der Waals surface area contributed by atoms with Crippen molar-refractivity contribution in [3.8, 4) is 0 Å². The summed E-state index contributed by atoms with van der Waals surface area (Å²) >= 11 is 0. The topological polar surface area (TPSA) is 154 Å². The second-order valence-electron chi connectivity index (χ2n) is 15.0. The lowest BCUT2D eigenvalue weighted by atomic mass is 10.0. The van der Waals surface area contributed by atoms with E-state index in [1.165, 1.54) is 40.1 Å². The summed E-state index contributed by atoms with van der Waals surface area (Å²) in [5.41, 5.74) is -1.46. The van der Waals surface area contributed by atoms with Crippen LogP contribution in [0.2, 0.25) is 0 Å². The molecule has 3 fully saturated rings. The second kappa shape index (κ2) is 16.9. The van der Waals surface area contributed by atoms with Gasteiger partial charge in [0.05, 0.1) is 29.9 Å². The van der Waals surface area contributed by atoms with Gasteiger partial charge in [0.1, 0.15) is 23.5 Å². The quantitative estimate of drug-likeness (QED) is 0.119. The van der Waals surface area contributed by atoms with E-state index in [1.54, 1.807) is 6.07 Å². The van der Waals surface area contributed by atoms with Crippen LogP contribution in [0.3, 0.4) is 0 Å². The van der Waals surface area contributed by atoms with Crippen LogP contribution in [0.15, 0.2) is 54.6 Å². The Bertz CT molecular complexity index is 1950. The number of hydrogen-bond acceptors (Lipinski definition) is 8. The van der Waals surface area contributed by atoms with Crippen molar-refractivity contribution in [1.29, 1.82) is 0 Å². The normalized spacial score (nSPS) is 20.8. The highest BCUT2D eigenvalue weighted by Gasteiger charge is 2.55. The molecule has 56 heavy (non-hydrogen) atoms. The molecule has 304 valence electrons. The zero-order valence-electron chi connectivity index (χ0n) is 31.1. The molecule has 2 aliphatic carbocycles. The van der Waals surface area contributed by atoms with Crippen LogP contribution >= 0.6 is 0 Å². The molecule has 0 radical (unpaired) electrons. The fraction of sp³-hybridized carbons (Fsp3) is 0.538. The molecule has 2 aromatic carbocycles. The monoisotopic (exact) mass is 805 g/mol. The van der Waals surface area contributed by atoms with E-state index < -0.39 is 80.4 Å². The van der Waals surface area contributed by atoms with Crippen LogP contribution in [0, 0.1) is 5.82 Å². The number of benzene rings is 2. The van der Waals surface area contributed by atoms with Gasteiger partial charge in [0, 0.05) is 25.1 Å². The van der Waals surface area contributed by atoms with Crippen molar-refractivity contribution >= 4 is 33.8 Å². The summed E-state index contributed by atoms with van der Waals surface area (Å²) in [6.07, 6.45) is 1.60. The van der Waals surface area contributed by atoms with E-state index in [0.717, 1.165) is 25.3 Å². The molecule has 3 atom stereocenters. The molecular formula is C39H47F4N5O7S. The van der Waals surface area contributed by atoms with Gasteiger partial charge in [0.25, 0.3) is 5.91 Å². The fourth-order valence-corrected chi connectivity index (χ4v) is 8.67. The molecule has 2 saturated carbocycles. The van der Waals surface area contributed by atoms with Crippen LogP contribution in [-0.4, -0.2) is 77.6 Å². The number of ether oxygens (including phenoxy) is 1. The van der Waals surface area contributed by atoms with Crippen molar-refractivity contribution in [2.75, 3.05) is 6.54 Å². The van der Waals surface area contributed by atoms with Crippen LogP contribution in [0.25, 0.3) is 0 Å². The van der Waals surface area contributed by atoms with Gasteiger partial charge in [-0.2, -0.15) is 13.2 Å². The molecule has 6 rings (SSSR count). The number of sulfonamides is 1. The number of alkyl halides is 3. The maximum Gasteiger partial charge on any atom is 0.416 e. The van der Waals surface area contributed by atoms with Crippen molar-refractivity contribution in [2.24, 2.45) is 0 Å². The van der Waals surface area contributed by atoms with Crippen molar-refractivity contribution in [3.05, 3.63) is 82.7 Å². The average molecular weight is 806 g/mol. The molecule has 2 aromatic rings. The van der Waals surface area contributed by atoms with Gasteiger partial charge >= 0.3 is 12.3 Å². The maximum atomic E-state index is 14.5. The third kappa shape index (κ3) is 9.71. The van der Waals surface area contributed by atoms with Crippen LogP contribution < -0.4 is 15.4 Å². The van der Waals surface area contributed by atoms with E-state index in [1.807, 2.05) is 19.1 Å². The molecule has 2 heterocycles. The first-order valence-electron chi connectivity index (χ1n) is 19.0. The van der Waals surface area contributed by atoms with E-state index in [9.17, 15) is 45.2 Å². The number of amides is 4. The predicted octanol–water partition coefficient (Wildman–Crippen LogP) is 5.21. The molecule has 2 aliphatic heterocycles. The Balaban J connectivity index is 1.21. The minimum atomic E-state index is -4.63. The highest BCUT2D eigenvalue weighted by atomic mass is 32.2. The molecule has 3 N–H and O–H groups in total. The third-order valence-electron chi connectivity index (χ3n) is 10.8. The first-order chi connectivity index (χ1) is 26.6. The Hall–Kier alpha value is -4.51. The number of unbranched alkanes of at least 4 members (excludes halogenated alkanes) is 3. The molecule has 4 amide bonds. The van der Waals surface area contributed by atoms with E-state index in [0.29, 0.717) is 30.4 Å². The van der Waals surface area contributed by atoms with Gasteiger partial charge < -0.3 is 20.3 Å². The maximum absolute atomic E-state index is 14.5. The van der Waals surface area contributed by atoms with Crippen LogP contribution in [0.5, 0.6) is 0 Å². The highest BCUT2D eigenvalue weighted by molar-refractivity contribution is 7.91. The first-order valence-corrected chi connectivity index (χ1v) is 20.6. The Kier molecular flexibility index (Phi) is 12.4. The lowest BCUT2D eigenvalue weighted by Gasteiger charge is -2.30. The molecule has 12 nitrogen and oxygen atoms in total. The van der Waals surface area contributed by atoms with E-state index >= 15 is 0 Å². The molecule has 0 unspecified atom stereocenters. The van der Waals surface area contributed by atoms with Crippen molar-refractivity contribution < 1.29 is 49.9 Å². The standard InChI is InChI=1S/C39H47F4N5O7S/c1-2-3-4-5-6-7-15-32(44-21-25-11-8-9-13-30(25)39(41,42)43)35(50)48-23-27(55-37(52)47-22-26-12-10-14-31(40)29(26)24-47)20-33(48)34(49)45-38(18-19-38)36(51)46-56(53,54)28-16-17-28/h2-3,8-14,27-28,32-33,44H,4-7,15-24H2,1H3,(H,45,49)(H,46,51)/b3-2-/t27-,32+,33+/m1/s1. The number of allylic oxidation sites excluding steroid dienone is 2. The number of fused-ring (bicyclic) bond motifs is 1. The summed E-state index contributed by atoms with van der Waals surface area (Å²) in [7, 11) is -3.91. The number of likely N-dealkylation sites (tertiary alicyclic amines) is 1. The summed E-state index contributed by atoms with van der Waals surface area (Å²) in [6, 6.07) is 7.24. The van der Waals surface area contributed by atoms with Gasteiger partial charge in [-0.05, 0) is 75.1 Å². The molecule has 0 aromatic heterocycles. The summed E-state index contributed by atoms with van der Waals surface area (Å²) in [5, 5.41) is 4.99. The fourth-order valence-electron chi connectivity index (χ4n) is 7.29. The van der Waals surface area contributed by atoms with Gasteiger partial charge in [-0.1, -0.05) is 55.3 Å². The largest absolute Gasteiger partial charge is 0.444 e. The number of halogens is 4. The molecular weight excluding hydrogens is 759 g/mol. The summed E-state index contributed by atoms with van der Waals surface area (Å²) in [6.45, 7) is 1.40. The number of carbonyl (C=O) groups is 4. The van der Waals surface area contributed by atoms with Gasteiger partial charge in [0.15, 0.2) is 0 Å². The predicted molar refractivity (Wildman–Crippen MR) is 196 cm³/mol. The Morgan fingerprint density at radius 3 is 2.45 bits per heavy atom. The number of carbonyl (C=O) groups excluding carboxylic acids is 4. The minimum Gasteiger partial charge on any atom is -0.444 e. The van der Waals surface area contributed by atoms with Gasteiger partial charge in [-0.3, -0.25) is 24.0 Å². The van der Waals surface area contributed by atoms with Crippen molar-refractivity contribution in [2.45, 2.75) is 126 Å². The second-order valence-corrected chi connectivity index (χ2v) is 17.0. The average Bonchev–Trinajstić information content (AvgIpc) is 4.07. The third-order valence-corrected chi connectivity index (χ3v) is 12.6. The van der Waals surface area contributed by atoms with E-state index in [4.69, 9.17) is 4.74 Å². The number of nitrogens with zero attached hydrogens (tertiary/aromatic N) is 2. The minimum absolute atomic E-state index is 0.0407. The zero-order valence-corrected chi connectivity index (χ0v) is 31.9. The van der Waals surface area contributed by atoms with Gasteiger partial charge in [-0.15, -0.1) is 0 Å². The number of nitrogens with one attached hydrogen (secondary N) is 3. The van der Waals surface area contributed by atoms with E-state index in [2.05, 4.69) is 15.4 Å². The van der Waals surface area contributed by atoms with E-state index in [-0.39, 0.29) is 57.4 Å². The van der Waals surface area contributed by atoms with Crippen LogP contribution in [0.4, 0.5) is 22.4 Å². The Morgan fingerprint density at radius 1 is 1.02 bits per heavy atom. The highest BCUT2D eigenvalue weighted by Crippen LogP contribution is 2.38. The van der Waals surface area contributed by atoms with Gasteiger partial charge in [-0.25, -0.2) is 17.6 Å². The lowest BCUT2D eigenvalue weighted by molar-refractivity contribution is -0.141. The molecule has 0 bridgehead atoms. The summed E-state index contributed by atoms with van der Waals surface area (Å²) in [5.74, 6) is -2.72. The molecule has 4 aliphatic rings. The number of rotatable bonds is 16. The van der Waals surface area contributed by atoms with Crippen LogP contribution in [-0.2, 0) is 55.0 Å². The lowest BCUT2D eigenvalue weighted by Crippen LogP contribution is -2.57. The smallest absolute Gasteiger partial charge is 0.416 e. The summed E-state index contributed by atoms with van der Waals surface area (Å²) in [4.78, 5) is 57.6. The van der Waals surface area contributed by atoms with Crippen LogP contribution in [0.1, 0.15) is 93.4 Å².